The van der Waals surface area contributed by atoms with Crippen molar-refractivity contribution in [3.05, 3.63) is 51.4 Å². The van der Waals surface area contributed by atoms with Gasteiger partial charge in [-0.3, -0.25) is 14.8 Å². The summed E-state index contributed by atoms with van der Waals surface area (Å²) in [7, 11) is -2.85. The number of methoxy groups -OCH3 is 1. The summed E-state index contributed by atoms with van der Waals surface area (Å²) in [5, 5.41) is 10.3. The molecule has 2 aromatic heterocycles. The summed E-state index contributed by atoms with van der Waals surface area (Å²) in [6.45, 7) is 1.86. The molecular weight excluding hydrogens is 472 g/mol. The first-order chi connectivity index (χ1) is 15.3. The van der Waals surface area contributed by atoms with Crippen LogP contribution < -0.4 is 10.0 Å². The van der Waals surface area contributed by atoms with Crippen molar-refractivity contribution in [2.75, 3.05) is 17.1 Å². The Balaban J connectivity index is 1.57. The lowest BCUT2D eigenvalue weighted by Crippen LogP contribution is -2.15. The Morgan fingerprint density at radius 2 is 1.91 bits per heavy atom. The van der Waals surface area contributed by atoms with E-state index in [-0.39, 0.29) is 20.0 Å². The van der Waals surface area contributed by atoms with Crippen LogP contribution in [0.4, 0.5) is 10.1 Å². The highest BCUT2D eigenvalue weighted by atomic mass is 32.2. The Kier molecular flexibility index (Phi) is 6.26. The van der Waals surface area contributed by atoms with Crippen molar-refractivity contribution in [3.63, 3.8) is 0 Å². The molecule has 1 aliphatic rings. The molecule has 4 rings (SSSR count). The molecule has 0 saturated carbocycles. The number of carbonyl (C=O) groups is 2. The van der Waals surface area contributed by atoms with Crippen molar-refractivity contribution in [3.8, 4) is 0 Å². The number of benzene rings is 1. The minimum absolute atomic E-state index is 0.0514. The van der Waals surface area contributed by atoms with Crippen LogP contribution >= 0.6 is 22.7 Å². The molecule has 0 radical (unpaired) electrons. The van der Waals surface area contributed by atoms with Crippen LogP contribution in [0.3, 0.4) is 0 Å². The third kappa shape index (κ3) is 4.52. The largest absolute Gasteiger partial charge is 0.465 e. The maximum absolute atomic E-state index is 12.9. The molecule has 1 aromatic carbocycles. The zero-order chi connectivity index (χ0) is 22.9. The summed E-state index contributed by atoms with van der Waals surface area (Å²) in [4.78, 5) is 25.7. The Morgan fingerprint density at radius 3 is 2.66 bits per heavy atom. The van der Waals surface area contributed by atoms with Gasteiger partial charge in [-0.05, 0) is 50.3 Å². The molecule has 0 unspecified atom stereocenters. The van der Waals surface area contributed by atoms with E-state index in [2.05, 4.69) is 20.2 Å². The van der Waals surface area contributed by atoms with Crippen LogP contribution in [0, 0.1) is 6.92 Å². The lowest BCUT2D eigenvalue weighted by molar-refractivity contribution is 0.0601. The number of nitrogens with zero attached hydrogens (tertiary/aromatic N) is 2. The number of nitrogens with one attached hydrogen (secondary N) is 2. The highest BCUT2D eigenvalue weighted by Crippen LogP contribution is 2.39. The molecule has 12 heteroatoms. The number of esters is 1. The average molecular weight is 493 g/mol. The van der Waals surface area contributed by atoms with E-state index in [1.54, 1.807) is 18.2 Å². The molecule has 0 saturated heterocycles. The molecule has 0 spiro atoms. The maximum atomic E-state index is 12.9. The molecule has 0 fully saturated rings. The van der Waals surface area contributed by atoms with Crippen molar-refractivity contribution in [1.29, 1.82) is 0 Å². The first-order valence-electron chi connectivity index (χ1n) is 9.75. The zero-order valence-corrected chi connectivity index (χ0v) is 19.7. The molecule has 9 nitrogen and oxygen atoms in total. The van der Waals surface area contributed by atoms with Gasteiger partial charge in [0.25, 0.3) is 20.3 Å². The summed E-state index contributed by atoms with van der Waals surface area (Å²) in [6.07, 6.45) is 3.41. The van der Waals surface area contributed by atoms with Gasteiger partial charge in [-0.25, -0.2) is 4.79 Å². The Labute approximate surface area is 192 Å². The Hall–Kier alpha value is -2.83. The number of amides is 1. The number of hydrogen-bond donors (Lipinski definition) is 2. The van der Waals surface area contributed by atoms with Gasteiger partial charge in [0.2, 0.25) is 5.13 Å². The molecule has 0 bridgehead atoms. The fourth-order valence-corrected chi connectivity index (χ4v) is 6.93. The fourth-order valence-electron chi connectivity index (χ4n) is 3.45. The van der Waals surface area contributed by atoms with Crippen molar-refractivity contribution in [2.24, 2.45) is 0 Å². The zero-order valence-electron chi connectivity index (χ0n) is 17.3. The number of aryl methyl sites for hydroxylation is 2. The van der Waals surface area contributed by atoms with Gasteiger partial charge < -0.3 is 4.74 Å². The standard InChI is InChI=1S/C20H20N4O5S3/c1-11-6-5-7-12(10-11)16(25)21-19-22-23-20(31-19)32(27,28)24-17-15(18(26)29-2)13-8-3-4-9-14(13)30-17/h5-7,10,24H,3-4,8-9H2,1-2H3,(H,21,22,25). The maximum Gasteiger partial charge on any atom is 0.341 e. The van der Waals surface area contributed by atoms with E-state index >= 15 is 0 Å². The lowest BCUT2D eigenvalue weighted by atomic mass is 9.95. The van der Waals surface area contributed by atoms with E-state index in [9.17, 15) is 18.0 Å². The number of sulfonamides is 1. The number of rotatable bonds is 6. The number of anilines is 2. The van der Waals surface area contributed by atoms with Crippen molar-refractivity contribution >= 4 is 54.7 Å². The van der Waals surface area contributed by atoms with Gasteiger partial charge in [0.1, 0.15) is 5.00 Å². The molecule has 2 N–H and O–H groups in total. The second-order valence-corrected chi connectivity index (χ2v) is 11.1. The van der Waals surface area contributed by atoms with E-state index < -0.39 is 21.9 Å². The van der Waals surface area contributed by atoms with Gasteiger partial charge in [-0.1, -0.05) is 29.0 Å². The minimum Gasteiger partial charge on any atom is -0.465 e. The van der Waals surface area contributed by atoms with E-state index in [0.717, 1.165) is 46.6 Å². The van der Waals surface area contributed by atoms with Gasteiger partial charge >= 0.3 is 5.97 Å². The third-order valence-electron chi connectivity index (χ3n) is 4.92. The number of ether oxygens (including phenoxy) is 1. The van der Waals surface area contributed by atoms with Gasteiger partial charge in [0.05, 0.1) is 12.7 Å². The quantitative estimate of drug-likeness (QED) is 0.397. The SMILES string of the molecule is COC(=O)c1c(NS(=O)(=O)c2nnc(NC(=O)c3cccc(C)c3)s2)sc2c1CCCC2. The predicted molar refractivity (Wildman–Crippen MR) is 122 cm³/mol. The second-order valence-electron chi connectivity index (χ2n) is 7.21. The minimum atomic E-state index is -4.12. The van der Waals surface area contributed by atoms with Crippen molar-refractivity contribution in [2.45, 2.75) is 36.9 Å². The molecule has 168 valence electrons. The van der Waals surface area contributed by atoms with Crippen LogP contribution in [-0.4, -0.2) is 37.6 Å². The summed E-state index contributed by atoms with van der Waals surface area (Å²) in [6, 6.07) is 6.98. The predicted octanol–water partition coefficient (Wildman–Crippen LogP) is 3.63. The highest BCUT2D eigenvalue weighted by molar-refractivity contribution is 7.94. The monoisotopic (exact) mass is 492 g/mol. The fraction of sp³-hybridized carbons (Fsp3) is 0.300. The molecule has 1 amide bonds. The Bertz CT molecular complexity index is 1300. The highest BCUT2D eigenvalue weighted by Gasteiger charge is 2.30. The van der Waals surface area contributed by atoms with E-state index in [1.807, 2.05) is 13.0 Å². The van der Waals surface area contributed by atoms with Crippen LogP contribution in [0.1, 0.15) is 49.6 Å². The molecule has 2 heterocycles. The van der Waals surface area contributed by atoms with Crippen LogP contribution in [0.5, 0.6) is 0 Å². The van der Waals surface area contributed by atoms with Gasteiger partial charge in [0, 0.05) is 10.4 Å². The topological polar surface area (TPSA) is 127 Å². The molecule has 3 aromatic rings. The number of aromatic nitrogens is 2. The van der Waals surface area contributed by atoms with Crippen LogP contribution in [0.15, 0.2) is 28.6 Å². The first kappa shape index (κ1) is 22.4. The number of fused-ring (bicyclic) bond motifs is 1. The van der Waals surface area contributed by atoms with Crippen LogP contribution in [-0.2, 0) is 27.6 Å². The third-order valence-corrected chi connectivity index (χ3v) is 8.82. The van der Waals surface area contributed by atoms with E-state index in [0.29, 0.717) is 12.0 Å². The second kappa shape index (κ2) is 8.96. The lowest BCUT2D eigenvalue weighted by Gasteiger charge is -2.11. The van der Waals surface area contributed by atoms with Crippen LogP contribution in [0.2, 0.25) is 0 Å². The summed E-state index contributed by atoms with van der Waals surface area (Å²) >= 11 is 1.96. The summed E-state index contributed by atoms with van der Waals surface area (Å²) in [5.41, 5.74) is 2.44. The number of hydrogen-bond acceptors (Lipinski definition) is 9. The van der Waals surface area contributed by atoms with Crippen LogP contribution in [0.25, 0.3) is 0 Å². The molecule has 32 heavy (non-hydrogen) atoms. The summed E-state index contributed by atoms with van der Waals surface area (Å²) < 4.78 is 32.9. The van der Waals surface area contributed by atoms with E-state index in [1.165, 1.54) is 18.4 Å². The molecular formula is C20H20N4O5S3. The van der Waals surface area contributed by atoms with E-state index in [4.69, 9.17) is 4.74 Å². The molecule has 0 aliphatic heterocycles. The number of thiophene rings is 1. The average Bonchev–Trinajstić information content (AvgIpc) is 3.37. The molecule has 0 atom stereocenters. The van der Waals surface area contributed by atoms with Gasteiger partial charge in [0.15, 0.2) is 0 Å². The van der Waals surface area contributed by atoms with Gasteiger partial charge in [-0.15, -0.1) is 21.5 Å². The number of carbonyl (C=O) groups excluding carboxylic acids is 2. The molecule has 1 aliphatic carbocycles. The van der Waals surface area contributed by atoms with Gasteiger partial charge in [-0.2, -0.15) is 8.42 Å². The van der Waals surface area contributed by atoms with Crippen molar-refractivity contribution in [1.82, 2.24) is 10.2 Å². The normalized spacial score (nSPS) is 13.3. The smallest absolute Gasteiger partial charge is 0.341 e. The summed E-state index contributed by atoms with van der Waals surface area (Å²) in [5.74, 6) is -0.994. The van der Waals surface area contributed by atoms with Crippen molar-refractivity contribution < 1.29 is 22.7 Å². The first-order valence-corrected chi connectivity index (χ1v) is 12.9. The Morgan fingerprint density at radius 1 is 1.12 bits per heavy atom.